The first-order valence-electron chi connectivity index (χ1n) is 5.79. The molecule has 1 aliphatic rings. The van der Waals surface area contributed by atoms with Crippen LogP contribution in [0.5, 0.6) is 0 Å². The molecular formula is C11H19N3O. The molecule has 0 radical (unpaired) electrons. The molecule has 2 heterocycles. The van der Waals surface area contributed by atoms with Crippen molar-refractivity contribution in [3.8, 4) is 0 Å². The van der Waals surface area contributed by atoms with E-state index in [1.807, 2.05) is 0 Å². The van der Waals surface area contributed by atoms with Gasteiger partial charge in [0.2, 0.25) is 5.89 Å². The van der Waals surface area contributed by atoms with Crippen LogP contribution < -0.4 is 5.32 Å². The Bertz CT molecular complexity index is 303. The summed E-state index contributed by atoms with van der Waals surface area (Å²) in [4.78, 5) is 4.46. The van der Waals surface area contributed by atoms with Crippen molar-refractivity contribution < 1.29 is 4.52 Å². The Morgan fingerprint density at radius 2 is 2.40 bits per heavy atom. The van der Waals surface area contributed by atoms with Crippen molar-refractivity contribution in [2.45, 2.75) is 39.0 Å². The minimum atomic E-state index is 0.448. The minimum absolute atomic E-state index is 0.448. The number of piperidine rings is 1. The Kier molecular flexibility index (Phi) is 3.36. The molecule has 0 saturated carbocycles. The van der Waals surface area contributed by atoms with Gasteiger partial charge in [-0.15, -0.1) is 0 Å². The first-order valence-corrected chi connectivity index (χ1v) is 5.79. The molecule has 1 fully saturated rings. The standard InChI is InChI=1S/C11H19N3O/c1-8(2)6-10-13-11(14-15-10)9-4-3-5-12-7-9/h8-9,12H,3-7H2,1-2H3/t9-/m0/s1. The molecule has 84 valence electrons. The van der Waals surface area contributed by atoms with Crippen LogP contribution in [0.25, 0.3) is 0 Å². The maximum atomic E-state index is 5.24. The summed E-state index contributed by atoms with van der Waals surface area (Å²) in [6, 6.07) is 0. The van der Waals surface area contributed by atoms with Gasteiger partial charge in [-0.2, -0.15) is 4.98 Å². The average Bonchev–Trinajstić information content (AvgIpc) is 2.67. The highest BCUT2D eigenvalue weighted by Crippen LogP contribution is 2.20. The normalized spacial score (nSPS) is 22.2. The second-order valence-corrected chi connectivity index (χ2v) is 4.69. The van der Waals surface area contributed by atoms with Gasteiger partial charge in [0.1, 0.15) is 0 Å². The maximum Gasteiger partial charge on any atom is 0.226 e. The molecule has 1 aliphatic heterocycles. The quantitative estimate of drug-likeness (QED) is 0.823. The van der Waals surface area contributed by atoms with E-state index >= 15 is 0 Å². The molecule has 0 aliphatic carbocycles. The molecule has 1 atom stereocenters. The van der Waals surface area contributed by atoms with E-state index in [2.05, 4.69) is 29.3 Å². The van der Waals surface area contributed by atoms with Gasteiger partial charge in [0.05, 0.1) is 0 Å². The third kappa shape index (κ3) is 2.78. The predicted molar refractivity (Wildman–Crippen MR) is 57.7 cm³/mol. The van der Waals surface area contributed by atoms with Crippen LogP contribution >= 0.6 is 0 Å². The van der Waals surface area contributed by atoms with Crippen molar-refractivity contribution in [3.63, 3.8) is 0 Å². The Morgan fingerprint density at radius 1 is 1.53 bits per heavy atom. The van der Waals surface area contributed by atoms with Gasteiger partial charge in [0.25, 0.3) is 0 Å². The van der Waals surface area contributed by atoms with Crippen LogP contribution in [-0.2, 0) is 6.42 Å². The van der Waals surface area contributed by atoms with Crippen molar-refractivity contribution in [1.29, 1.82) is 0 Å². The van der Waals surface area contributed by atoms with E-state index in [1.54, 1.807) is 0 Å². The summed E-state index contributed by atoms with van der Waals surface area (Å²) in [5.41, 5.74) is 0. The van der Waals surface area contributed by atoms with Gasteiger partial charge >= 0.3 is 0 Å². The Balaban J connectivity index is 1.99. The summed E-state index contributed by atoms with van der Waals surface area (Å²) in [5.74, 6) is 2.69. The first-order chi connectivity index (χ1) is 7.25. The van der Waals surface area contributed by atoms with E-state index in [4.69, 9.17) is 4.52 Å². The highest BCUT2D eigenvalue weighted by molar-refractivity contribution is 4.98. The zero-order chi connectivity index (χ0) is 10.7. The SMILES string of the molecule is CC(C)Cc1nc([C@H]2CCCNC2)no1. The van der Waals surface area contributed by atoms with E-state index in [9.17, 15) is 0 Å². The summed E-state index contributed by atoms with van der Waals surface area (Å²) in [6.45, 7) is 6.42. The van der Waals surface area contributed by atoms with Gasteiger partial charge in [-0.25, -0.2) is 0 Å². The predicted octanol–water partition coefficient (Wildman–Crippen LogP) is 1.74. The molecule has 0 unspecified atom stereocenters. The van der Waals surface area contributed by atoms with E-state index < -0.39 is 0 Å². The Morgan fingerprint density at radius 3 is 3.07 bits per heavy atom. The summed E-state index contributed by atoms with van der Waals surface area (Å²) in [5, 5.41) is 7.43. The molecule has 0 aromatic carbocycles. The van der Waals surface area contributed by atoms with Crippen molar-refractivity contribution in [2.24, 2.45) is 5.92 Å². The van der Waals surface area contributed by atoms with Gasteiger partial charge in [-0.3, -0.25) is 0 Å². The zero-order valence-corrected chi connectivity index (χ0v) is 9.49. The van der Waals surface area contributed by atoms with Crippen LogP contribution in [0.3, 0.4) is 0 Å². The molecular weight excluding hydrogens is 190 g/mol. The highest BCUT2D eigenvalue weighted by Gasteiger charge is 2.20. The summed E-state index contributed by atoms with van der Waals surface area (Å²) >= 11 is 0. The Hall–Kier alpha value is -0.900. The van der Waals surface area contributed by atoms with Gasteiger partial charge in [-0.05, 0) is 25.3 Å². The number of rotatable bonds is 3. The van der Waals surface area contributed by atoms with Crippen LogP contribution in [0.2, 0.25) is 0 Å². The van der Waals surface area contributed by atoms with E-state index in [1.165, 1.54) is 12.8 Å². The van der Waals surface area contributed by atoms with E-state index in [0.717, 1.165) is 31.2 Å². The minimum Gasteiger partial charge on any atom is -0.339 e. The fourth-order valence-electron chi connectivity index (χ4n) is 1.94. The fourth-order valence-corrected chi connectivity index (χ4v) is 1.94. The summed E-state index contributed by atoms with van der Waals surface area (Å²) < 4.78 is 5.24. The lowest BCUT2D eigenvalue weighted by atomic mass is 9.99. The fraction of sp³-hybridized carbons (Fsp3) is 0.818. The molecule has 4 heteroatoms. The monoisotopic (exact) mass is 209 g/mol. The largest absolute Gasteiger partial charge is 0.339 e. The maximum absolute atomic E-state index is 5.24. The molecule has 1 aromatic rings. The van der Waals surface area contributed by atoms with Crippen LogP contribution in [0, 0.1) is 5.92 Å². The molecule has 1 N–H and O–H groups in total. The second-order valence-electron chi connectivity index (χ2n) is 4.69. The number of hydrogen-bond donors (Lipinski definition) is 1. The van der Waals surface area contributed by atoms with Crippen LogP contribution in [0.15, 0.2) is 4.52 Å². The number of aromatic nitrogens is 2. The molecule has 1 saturated heterocycles. The number of hydrogen-bond acceptors (Lipinski definition) is 4. The van der Waals surface area contributed by atoms with Crippen molar-refractivity contribution in [3.05, 3.63) is 11.7 Å². The van der Waals surface area contributed by atoms with Gasteiger partial charge in [-0.1, -0.05) is 19.0 Å². The molecule has 4 nitrogen and oxygen atoms in total. The highest BCUT2D eigenvalue weighted by atomic mass is 16.5. The zero-order valence-electron chi connectivity index (χ0n) is 9.49. The second kappa shape index (κ2) is 4.75. The number of nitrogens with one attached hydrogen (secondary N) is 1. The van der Waals surface area contributed by atoms with Crippen molar-refractivity contribution in [1.82, 2.24) is 15.5 Å². The van der Waals surface area contributed by atoms with E-state index in [0.29, 0.717) is 11.8 Å². The van der Waals surface area contributed by atoms with E-state index in [-0.39, 0.29) is 0 Å². The molecule has 0 amide bonds. The lowest BCUT2D eigenvalue weighted by Crippen LogP contribution is -2.28. The molecule has 0 bridgehead atoms. The lowest BCUT2D eigenvalue weighted by Gasteiger charge is -2.19. The van der Waals surface area contributed by atoms with Gasteiger partial charge < -0.3 is 9.84 Å². The Labute approximate surface area is 90.4 Å². The summed E-state index contributed by atoms with van der Waals surface area (Å²) in [6.07, 6.45) is 3.26. The van der Waals surface area contributed by atoms with Crippen LogP contribution in [0.1, 0.15) is 44.3 Å². The molecule has 1 aromatic heterocycles. The summed E-state index contributed by atoms with van der Waals surface area (Å²) in [7, 11) is 0. The van der Waals surface area contributed by atoms with Crippen LogP contribution in [0.4, 0.5) is 0 Å². The molecule has 2 rings (SSSR count). The van der Waals surface area contributed by atoms with Gasteiger partial charge in [0.15, 0.2) is 5.82 Å². The molecule has 0 spiro atoms. The third-order valence-corrected chi connectivity index (χ3v) is 2.73. The third-order valence-electron chi connectivity index (χ3n) is 2.73. The lowest BCUT2D eigenvalue weighted by molar-refractivity contribution is 0.350. The van der Waals surface area contributed by atoms with Crippen molar-refractivity contribution in [2.75, 3.05) is 13.1 Å². The van der Waals surface area contributed by atoms with Crippen molar-refractivity contribution >= 4 is 0 Å². The topological polar surface area (TPSA) is 51.0 Å². The smallest absolute Gasteiger partial charge is 0.226 e. The average molecular weight is 209 g/mol. The van der Waals surface area contributed by atoms with Gasteiger partial charge in [0, 0.05) is 18.9 Å². The molecule has 15 heavy (non-hydrogen) atoms. The van der Waals surface area contributed by atoms with Crippen LogP contribution in [-0.4, -0.2) is 23.2 Å². The first kappa shape index (κ1) is 10.6. The number of nitrogens with zero attached hydrogens (tertiary/aromatic N) is 2.